The van der Waals surface area contributed by atoms with Gasteiger partial charge in [0.05, 0.1) is 17.5 Å². The number of benzene rings is 1. The summed E-state index contributed by atoms with van der Waals surface area (Å²) in [5, 5.41) is 5.45. The lowest BCUT2D eigenvalue weighted by molar-refractivity contribution is -0.117. The van der Waals surface area contributed by atoms with Gasteiger partial charge in [-0.3, -0.25) is 4.79 Å². The Morgan fingerprint density at radius 3 is 2.58 bits per heavy atom. The van der Waals surface area contributed by atoms with E-state index in [1.165, 1.54) is 11.3 Å². The first-order chi connectivity index (χ1) is 10.7. The fourth-order valence-electron chi connectivity index (χ4n) is 1.75. The Kier molecular flexibility index (Phi) is 7.62. The molecule has 6 nitrogen and oxygen atoms in total. The molecule has 0 aliphatic carbocycles. The molecule has 0 bridgehead atoms. The number of aromatic nitrogens is 1. The average Bonchev–Trinajstić information content (AvgIpc) is 2.93. The maximum Gasteiger partial charge on any atom is 0.243 e. The first-order valence-corrected chi connectivity index (χ1v) is 10.0. The number of thiazole rings is 1. The number of rotatable bonds is 6. The zero-order chi connectivity index (χ0) is 17.0. The van der Waals surface area contributed by atoms with Crippen LogP contribution < -0.4 is 11.1 Å². The van der Waals surface area contributed by atoms with E-state index in [0.717, 1.165) is 11.8 Å². The van der Waals surface area contributed by atoms with Crippen LogP contribution >= 0.6 is 35.3 Å². The minimum Gasteiger partial charge on any atom is -0.320 e. The van der Waals surface area contributed by atoms with Gasteiger partial charge in [-0.1, -0.05) is 23.7 Å². The highest BCUT2D eigenvalue weighted by Crippen LogP contribution is 2.26. The molecule has 1 heterocycles. The second-order valence-corrected chi connectivity index (χ2v) is 8.61. The number of halogens is 2. The molecule has 1 unspecified atom stereocenters. The number of sulfone groups is 1. The summed E-state index contributed by atoms with van der Waals surface area (Å²) in [5.74, 6) is -0.583. The molecular formula is C14H17Cl2N3O3S2. The molecule has 0 fully saturated rings. The molecule has 0 radical (unpaired) electrons. The van der Waals surface area contributed by atoms with Gasteiger partial charge in [0.1, 0.15) is 9.84 Å². The van der Waals surface area contributed by atoms with Gasteiger partial charge in [-0.15, -0.1) is 23.7 Å². The Morgan fingerprint density at radius 1 is 1.38 bits per heavy atom. The Hall–Kier alpha value is -1.19. The molecule has 10 heteroatoms. The molecule has 3 N–H and O–H groups in total. The predicted octanol–water partition coefficient (Wildman–Crippen LogP) is 2.59. The molecule has 2 aromatic rings. The smallest absolute Gasteiger partial charge is 0.243 e. The number of nitrogens with one attached hydrogen (secondary N) is 1. The largest absolute Gasteiger partial charge is 0.320 e. The fourth-order valence-corrected chi connectivity index (χ4v) is 3.29. The highest BCUT2D eigenvalue weighted by atomic mass is 35.5. The van der Waals surface area contributed by atoms with Crippen LogP contribution in [0.25, 0.3) is 11.3 Å². The number of nitrogens with zero attached hydrogens (tertiary/aromatic N) is 1. The summed E-state index contributed by atoms with van der Waals surface area (Å²) < 4.78 is 22.2. The van der Waals surface area contributed by atoms with E-state index in [4.69, 9.17) is 17.3 Å². The van der Waals surface area contributed by atoms with Crippen molar-refractivity contribution in [2.24, 2.45) is 5.73 Å². The molecule has 1 aromatic heterocycles. The van der Waals surface area contributed by atoms with Crippen LogP contribution in [0.4, 0.5) is 5.13 Å². The molecule has 0 aliphatic rings. The van der Waals surface area contributed by atoms with Gasteiger partial charge in [0.15, 0.2) is 5.13 Å². The van der Waals surface area contributed by atoms with E-state index in [1.807, 2.05) is 12.1 Å². The molecule has 24 heavy (non-hydrogen) atoms. The molecule has 1 atom stereocenters. The third-order valence-corrected chi connectivity index (χ3v) is 5.00. The summed E-state index contributed by atoms with van der Waals surface area (Å²) in [6, 6.07) is 6.29. The Labute approximate surface area is 155 Å². The molecule has 1 amide bonds. The second-order valence-electron chi connectivity index (χ2n) is 5.06. The van der Waals surface area contributed by atoms with Gasteiger partial charge < -0.3 is 11.1 Å². The highest BCUT2D eigenvalue weighted by molar-refractivity contribution is 7.90. The van der Waals surface area contributed by atoms with Crippen molar-refractivity contribution in [2.45, 2.75) is 12.5 Å². The summed E-state index contributed by atoms with van der Waals surface area (Å²) in [6.45, 7) is 0. The molecule has 0 saturated carbocycles. The summed E-state index contributed by atoms with van der Waals surface area (Å²) in [4.78, 5) is 16.2. The van der Waals surface area contributed by atoms with E-state index in [2.05, 4.69) is 10.3 Å². The van der Waals surface area contributed by atoms with E-state index in [9.17, 15) is 13.2 Å². The van der Waals surface area contributed by atoms with E-state index < -0.39 is 21.8 Å². The standard InChI is InChI=1S/C14H16ClN3O3S2.ClH/c1-23(20,21)7-6-11(16)13(19)18-14-17-12(8-22-14)9-2-4-10(15)5-3-9;/h2-5,8,11H,6-7,16H2,1H3,(H,17,18,19);1H. The monoisotopic (exact) mass is 409 g/mol. The number of hydrogen-bond donors (Lipinski definition) is 2. The maximum atomic E-state index is 11.9. The highest BCUT2D eigenvalue weighted by Gasteiger charge is 2.17. The van der Waals surface area contributed by atoms with Gasteiger partial charge in [0.2, 0.25) is 5.91 Å². The van der Waals surface area contributed by atoms with Crippen molar-refractivity contribution in [3.63, 3.8) is 0 Å². The summed E-state index contributed by atoms with van der Waals surface area (Å²) in [5.41, 5.74) is 7.29. The third kappa shape index (κ3) is 6.37. The zero-order valence-corrected chi connectivity index (χ0v) is 15.9. The second kappa shape index (κ2) is 8.77. The van der Waals surface area contributed by atoms with Gasteiger partial charge in [-0.05, 0) is 18.6 Å². The van der Waals surface area contributed by atoms with Crippen LogP contribution in [-0.4, -0.2) is 37.4 Å². The Bertz CT molecular complexity index is 792. The zero-order valence-electron chi connectivity index (χ0n) is 12.7. The van der Waals surface area contributed by atoms with Crippen molar-refractivity contribution in [3.8, 4) is 11.3 Å². The van der Waals surface area contributed by atoms with Gasteiger partial charge in [0.25, 0.3) is 0 Å². The summed E-state index contributed by atoms with van der Waals surface area (Å²) in [6.07, 6.45) is 1.18. The van der Waals surface area contributed by atoms with Crippen molar-refractivity contribution >= 4 is 56.2 Å². The quantitative estimate of drug-likeness (QED) is 0.762. The van der Waals surface area contributed by atoms with Crippen LogP contribution in [0.5, 0.6) is 0 Å². The fraction of sp³-hybridized carbons (Fsp3) is 0.286. The van der Waals surface area contributed by atoms with Crippen molar-refractivity contribution in [1.82, 2.24) is 4.98 Å². The number of carbonyl (C=O) groups excluding carboxylic acids is 1. The van der Waals surface area contributed by atoms with Crippen LogP contribution in [0.1, 0.15) is 6.42 Å². The molecule has 2 rings (SSSR count). The average molecular weight is 410 g/mol. The van der Waals surface area contributed by atoms with Gasteiger partial charge in [-0.25, -0.2) is 13.4 Å². The first kappa shape index (κ1) is 20.9. The molecule has 0 aliphatic heterocycles. The maximum absolute atomic E-state index is 11.9. The molecule has 0 saturated heterocycles. The molecule has 0 spiro atoms. The first-order valence-electron chi connectivity index (χ1n) is 6.70. The number of carbonyl (C=O) groups is 1. The topological polar surface area (TPSA) is 102 Å². The van der Waals surface area contributed by atoms with Crippen LogP contribution in [0, 0.1) is 0 Å². The molecule has 132 valence electrons. The minimum atomic E-state index is -3.14. The Balaban J connectivity index is 0.00000288. The van der Waals surface area contributed by atoms with E-state index >= 15 is 0 Å². The lowest BCUT2D eigenvalue weighted by Crippen LogP contribution is -2.37. The van der Waals surface area contributed by atoms with E-state index in [0.29, 0.717) is 15.8 Å². The van der Waals surface area contributed by atoms with Gasteiger partial charge in [-0.2, -0.15) is 0 Å². The SMILES string of the molecule is CS(=O)(=O)CCC(N)C(=O)Nc1nc(-c2ccc(Cl)cc2)cs1.Cl. The van der Waals surface area contributed by atoms with E-state index in [1.54, 1.807) is 17.5 Å². The number of nitrogens with two attached hydrogens (primary N) is 1. The Morgan fingerprint density at radius 2 is 2.00 bits per heavy atom. The third-order valence-electron chi connectivity index (χ3n) is 3.01. The van der Waals surface area contributed by atoms with E-state index in [-0.39, 0.29) is 24.6 Å². The lowest BCUT2D eigenvalue weighted by atomic mass is 10.2. The van der Waals surface area contributed by atoms with Crippen LogP contribution in [0.2, 0.25) is 5.02 Å². The number of amides is 1. The van der Waals surface area contributed by atoms with Crippen LogP contribution in [-0.2, 0) is 14.6 Å². The van der Waals surface area contributed by atoms with Crippen molar-refractivity contribution in [1.29, 1.82) is 0 Å². The minimum absolute atomic E-state index is 0. The summed E-state index contributed by atoms with van der Waals surface area (Å²) in [7, 11) is -3.14. The summed E-state index contributed by atoms with van der Waals surface area (Å²) >= 11 is 7.11. The van der Waals surface area contributed by atoms with Crippen molar-refractivity contribution in [2.75, 3.05) is 17.3 Å². The van der Waals surface area contributed by atoms with Gasteiger partial charge >= 0.3 is 0 Å². The van der Waals surface area contributed by atoms with Crippen molar-refractivity contribution < 1.29 is 13.2 Å². The number of hydrogen-bond acceptors (Lipinski definition) is 6. The molecular weight excluding hydrogens is 393 g/mol. The lowest BCUT2D eigenvalue weighted by Gasteiger charge is -2.09. The predicted molar refractivity (Wildman–Crippen MR) is 101 cm³/mol. The normalized spacial score (nSPS) is 12.3. The molecule has 1 aromatic carbocycles. The van der Waals surface area contributed by atoms with Crippen molar-refractivity contribution in [3.05, 3.63) is 34.7 Å². The number of anilines is 1. The van der Waals surface area contributed by atoms with Gasteiger partial charge in [0, 0.05) is 22.2 Å². The van der Waals surface area contributed by atoms with Crippen LogP contribution in [0.3, 0.4) is 0 Å². The van der Waals surface area contributed by atoms with Crippen LogP contribution in [0.15, 0.2) is 29.6 Å².